The van der Waals surface area contributed by atoms with Gasteiger partial charge in [-0.3, -0.25) is 0 Å². The average Bonchev–Trinajstić information content (AvgIpc) is 2.64. The maximum absolute atomic E-state index is 14.0. The van der Waals surface area contributed by atoms with E-state index in [2.05, 4.69) is 6.92 Å². The van der Waals surface area contributed by atoms with Gasteiger partial charge in [-0.2, -0.15) is 0 Å². The summed E-state index contributed by atoms with van der Waals surface area (Å²) in [6.45, 7) is 3.10. The van der Waals surface area contributed by atoms with E-state index in [1.807, 2.05) is 24.3 Å². The van der Waals surface area contributed by atoms with Crippen LogP contribution in [-0.4, -0.2) is 27.4 Å². The van der Waals surface area contributed by atoms with Crippen LogP contribution < -0.4 is 19.9 Å². The van der Waals surface area contributed by atoms with Gasteiger partial charge in [-0.1, -0.05) is 19.1 Å². The molecule has 0 aromatic heterocycles. The fourth-order valence-electron chi connectivity index (χ4n) is 2.73. The average molecular weight is 347 g/mol. The lowest BCUT2D eigenvalue weighted by atomic mass is 9.91. The van der Waals surface area contributed by atoms with Crippen molar-refractivity contribution < 1.29 is 18.6 Å². The first-order valence-electron chi connectivity index (χ1n) is 8.46. The molecule has 2 aromatic rings. The van der Waals surface area contributed by atoms with Gasteiger partial charge in [0.15, 0.2) is 23.1 Å². The summed E-state index contributed by atoms with van der Waals surface area (Å²) in [5, 5.41) is 0. The van der Waals surface area contributed by atoms with Crippen molar-refractivity contribution in [3.63, 3.8) is 0 Å². The number of halogens is 1. The van der Waals surface area contributed by atoms with Crippen molar-refractivity contribution in [1.29, 1.82) is 0 Å². The Balaban J connectivity index is 2.22. The first-order chi connectivity index (χ1) is 12.1. The quantitative estimate of drug-likeness (QED) is 0.747. The molecular formula is C20H26FNO3. The molecule has 0 aliphatic carbocycles. The number of hydrogen-bond donors (Lipinski definition) is 1. The van der Waals surface area contributed by atoms with Gasteiger partial charge in [0.1, 0.15) is 0 Å². The molecular weight excluding hydrogens is 321 g/mol. The number of benzene rings is 2. The summed E-state index contributed by atoms with van der Waals surface area (Å²) in [7, 11) is 3.07. The van der Waals surface area contributed by atoms with Gasteiger partial charge < -0.3 is 19.9 Å². The van der Waals surface area contributed by atoms with E-state index < -0.39 is 0 Å². The lowest BCUT2D eigenvalue weighted by molar-refractivity contribution is 0.294. The molecule has 0 bridgehead atoms. The predicted molar refractivity (Wildman–Crippen MR) is 97.2 cm³/mol. The van der Waals surface area contributed by atoms with Crippen LogP contribution in [0.3, 0.4) is 0 Å². The summed E-state index contributed by atoms with van der Waals surface area (Å²) in [4.78, 5) is 0. The van der Waals surface area contributed by atoms with E-state index >= 15 is 0 Å². The van der Waals surface area contributed by atoms with Crippen LogP contribution in [0.2, 0.25) is 0 Å². The van der Waals surface area contributed by atoms with Crippen LogP contribution >= 0.6 is 0 Å². The second-order valence-electron chi connectivity index (χ2n) is 5.86. The van der Waals surface area contributed by atoms with Gasteiger partial charge >= 0.3 is 0 Å². The maximum Gasteiger partial charge on any atom is 0.165 e. The van der Waals surface area contributed by atoms with Crippen molar-refractivity contribution in [2.24, 2.45) is 5.73 Å². The van der Waals surface area contributed by atoms with Gasteiger partial charge in [-0.05, 0) is 54.8 Å². The highest BCUT2D eigenvalue weighted by Crippen LogP contribution is 2.31. The van der Waals surface area contributed by atoms with Gasteiger partial charge in [0.25, 0.3) is 0 Å². The summed E-state index contributed by atoms with van der Waals surface area (Å²) in [5.74, 6) is 1.29. The summed E-state index contributed by atoms with van der Waals surface area (Å²) in [6, 6.07) is 10.8. The second kappa shape index (κ2) is 9.28. The summed E-state index contributed by atoms with van der Waals surface area (Å²) >= 11 is 0. The summed E-state index contributed by atoms with van der Waals surface area (Å²) in [5.41, 5.74) is 7.86. The maximum atomic E-state index is 14.0. The molecule has 0 aliphatic heterocycles. The number of hydrogen-bond acceptors (Lipinski definition) is 4. The molecule has 0 radical (unpaired) electrons. The molecule has 136 valence electrons. The Kier molecular flexibility index (Phi) is 7.07. The van der Waals surface area contributed by atoms with Crippen molar-refractivity contribution in [3.8, 4) is 17.2 Å². The summed E-state index contributed by atoms with van der Waals surface area (Å²) in [6.07, 6.45) is 1.61. The van der Waals surface area contributed by atoms with E-state index in [1.54, 1.807) is 13.2 Å². The number of nitrogens with two attached hydrogens (primary N) is 1. The Morgan fingerprint density at radius 2 is 1.72 bits per heavy atom. The van der Waals surface area contributed by atoms with E-state index in [-0.39, 0.29) is 17.5 Å². The standard InChI is InChI=1S/C20H26FNO3/c1-4-9-25-20-11-14(5-7-19(20)24-3)10-16(13-22)15-6-8-18(23-2)17(21)12-15/h5-8,11-12,16H,4,9-10,13,22H2,1-3H3. The van der Waals surface area contributed by atoms with E-state index in [4.69, 9.17) is 19.9 Å². The van der Waals surface area contributed by atoms with Crippen LogP contribution in [-0.2, 0) is 6.42 Å². The van der Waals surface area contributed by atoms with Crippen molar-refractivity contribution in [2.45, 2.75) is 25.7 Å². The number of methoxy groups -OCH3 is 2. The van der Waals surface area contributed by atoms with Crippen molar-refractivity contribution in [2.75, 3.05) is 27.4 Å². The first-order valence-corrected chi connectivity index (χ1v) is 8.46. The lowest BCUT2D eigenvalue weighted by Gasteiger charge is -2.18. The molecule has 2 rings (SSSR count). The van der Waals surface area contributed by atoms with E-state index in [0.29, 0.717) is 25.3 Å². The molecule has 0 heterocycles. The van der Waals surface area contributed by atoms with Crippen LogP contribution in [0.4, 0.5) is 4.39 Å². The Morgan fingerprint density at radius 1 is 1.00 bits per heavy atom. The zero-order valence-corrected chi connectivity index (χ0v) is 15.0. The minimum absolute atomic E-state index is 0.00725. The van der Waals surface area contributed by atoms with Crippen LogP contribution in [0.15, 0.2) is 36.4 Å². The summed E-state index contributed by atoms with van der Waals surface area (Å²) < 4.78 is 30.1. The first kappa shape index (κ1) is 19.1. The minimum atomic E-state index is -0.375. The monoisotopic (exact) mass is 347 g/mol. The number of ether oxygens (including phenoxy) is 3. The van der Waals surface area contributed by atoms with Gasteiger partial charge in [0.2, 0.25) is 0 Å². The van der Waals surface area contributed by atoms with Gasteiger partial charge in [-0.25, -0.2) is 4.39 Å². The zero-order chi connectivity index (χ0) is 18.2. The lowest BCUT2D eigenvalue weighted by Crippen LogP contribution is -2.15. The molecule has 0 amide bonds. The van der Waals surface area contributed by atoms with Crippen molar-refractivity contribution >= 4 is 0 Å². The van der Waals surface area contributed by atoms with Gasteiger partial charge in [0, 0.05) is 5.92 Å². The molecule has 2 N–H and O–H groups in total. The molecule has 1 unspecified atom stereocenters. The molecule has 2 aromatic carbocycles. The van der Waals surface area contributed by atoms with E-state index in [0.717, 1.165) is 23.3 Å². The molecule has 5 heteroatoms. The van der Waals surface area contributed by atoms with E-state index in [1.165, 1.54) is 13.2 Å². The van der Waals surface area contributed by atoms with Crippen LogP contribution in [0.5, 0.6) is 17.2 Å². The largest absolute Gasteiger partial charge is 0.494 e. The molecule has 0 aliphatic rings. The van der Waals surface area contributed by atoms with Crippen LogP contribution in [0, 0.1) is 5.82 Å². The molecule has 4 nitrogen and oxygen atoms in total. The third kappa shape index (κ3) is 4.86. The molecule has 0 saturated heterocycles. The highest BCUT2D eigenvalue weighted by molar-refractivity contribution is 5.43. The fourth-order valence-corrected chi connectivity index (χ4v) is 2.73. The molecule has 25 heavy (non-hydrogen) atoms. The SMILES string of the molecule is CCCOc1cc(CC(CN)c2ccc(OC)c(F)c2)ccc1OC. The predicted octanol–water partition coefficient (Wildman–Crippen LogP) is 3.92. The third-order valence-electron chi connectivity index (χ3n) is 4.10. The molecule has 0 fully saturated rings. The second-order valence-corrected chi connectivity index (χ2v) is 5.86. The Bertz CT molecular complexity index is 691. The normalized spacial score (nSPS) is 11.9. The highest BCUT2D eigenvalue weighted by atomic mass is 19.1. The molecule has 0 saturated carbocycles. The van der Waals surface area contributed by atoms with Crippen molar-refractivity contribution in [3.05, 3.63) is 53.3 Å². The van der Waals surface area contributed by atoms with Crippen LogP contribution in [0.1, 0.15) is 30.4 Å². The number of rotatable bonds is 9. The smallest absolute Gasteiger partial charge is 0.165 e. The Morgan fingerprint density at radius 3 is 2.32 bits per heavy atom. The third-order valence-corrected chi connectivity index (χ3v) is 4.10. The Labute approximate surface area is 148 Å². The van der Waals surface area contributed by atoms with Crippen LogP contribution in [0.25, 0.3) is 0 Å². The van der Waals surface area contributed by atoms with Crippen molar-refractivity contribution in [1.82, 2.24) is 0 Å². The molecule has 1 atom stereocenters. The van der Waals surface area contributed by atoms with Gasteiger partial charge in [0.05, 0.1) is 20.8 Å². The highest BCUT2D eigenvalue weighted by Gasteiger charge is 2.15. The minimum Gasteiger partial charge on any atom is -0.494 e. The molecule has 0 spiro atoms. The van der Waals surface area contributed by atoms with Gasteiger partial charge in [-0.15, -0.1) is 0 Å². The Hall–Kier alpha value is -2.27. The van der Waals surface area contributed by atoms with E-state index in [9.17, 15) is 4.39 Å². The zero-order valence-electron chi connectivity index (χ0n) is 15.0. The topological polar surface area (TPSA) is 53.7 Å². The fraction of sp³-hybridized carbons (Fsp3) is 0.400.